The summed E-state index contributed by atoms with van der Waals surface area (Å²) in [6.45, 7) is 3.27. The van der Waals surface area contributed by atoms with E-state index < -0.39 is 0 Å². The van der Waals surface area contributed by atoms with Crippen LogP contribution in [0.15, 0.2) is 30.5 Å². The van der Waals surface area contributed by atoms with Gasteiger partial charge in [0.25, 0.3) is 5.91 Å². The van der Waals surface area contributed by atoms with E-state index in [4.69, 9.17) is 16.6 Å². The van der Waals surface area contributed by atoms with Gasteiger partial charge in [-0.25, -0.2) is 9.97 Å². The Morgan fingerprint density at radius 1 is 1.24 bits per heavy atom. The van der Waals surface area contributed by atoms with Crippen molar-refractivity contribution in [2.24, 2.45) is 5.92 Å². The van der Waals surface area contributed by atoms with Crippen molar-refractivity contribution in [3.63, 3.8) is 0 Å². The molecule has 2 N–H and O–H groups in total. The summed E-state index contributed by atoms with van der Waals surface area (Å²) in [6, 6.07) is 8.21. The van der Waals surface area contributed by atoms with E-state index >= 15 is 0 Å². The molecule has 1 aliphatic carbocycles. The number of benzene rings is 1. The van der Waals surface area contributed by atoms with Crippen LogP contribution in [0.5, 0.6) is 0 Å². The van der Waals surface area contributed by atoms with Gasteiger partial charge in [-0.05, 0) is 82.8 Å². The van der Waals surface area contributed by atoms with Crippen LogP contribution < -0.4 is 10.6 Å². The van der Waals surface area contributed by atoms with Crippen molar-refractivity contribution in [1.82, 2.24) is 20.2 Å². The molecule has 2 aliphatic rings. The highest BCUT2D eigenvalue weighted by atomic mass is 35.5. The van der Waals surface area contributed by atoms with Gasteiger partial charge in [0.2, 0.25) is 5.95 Å². The number of hydrogen-bond donors (Lipinski definition) is 2. The second kappa shape index (κ2) is 9.95. The van der Waals surface area contributed by atoms with Gasteiger partial charge < -0.3 is 15.5 Å². The number of amides is 1. The molecule has 3 heterocycles. The molecule has 1 saturated heterocycles. The number of thiophene rings is 1. The van der Waals surface area contributed by atoms with Crippen LogP contribution in [0.25, 0.3) is 20.7 Å². The van der Waals surface area contributed by atoms with E-state index in [1.165, 1.54) is 32.4 Å². The number of fused-ring (bicyclic) bond motifs is 1. The Bertz CT molecular complexity index is 1140. The van der Waals surface area contributed by atoms with Gasteiger partial charge >= 0.3 is 0 Å². The Morgan fingerprint density at radius 2 is 2.06 bits per heavy atom. The Kier molecular flexibility index (Phi) is 6.81. The van der Waals surface area contributed by atoms with Crippen LogP contribution in [-0.4, -0.2) is 53.5 Å². The molecule has 0 bridgehead atoms. The zero-order valence-corrected chi connectivity index (χ0v) is 20.5. The van der Waals surface area contributed by atoms with Crippen LogP contribution >= 0.6 is 22.9 Å². The quantitative estimate of drug-likeness (QED) is 0.417. The molecule has 174 valence electrons. The molecule has 1 amide bonds. The molecule has 33 heavy (non-hydrogen) atoms. The van der Waals surface area contributed by atoms with Crippen LogP contribution in [0.3, 0.4) is 0 Å². The molecule has 1 saturated carbocycles. The molecule has 2 aromatic heterocycles. The third-order valence-corrected chi connectivity index (χ3v) is 7.99. The first-order valence-electron chi connectivity index (χ1n) is 11.9. The number of likely N-dealkylation sites (tertiary alicyclic amines) is 1. The number of hydrogen-bond acceptors (Lipinski definition) is 6. The summed E-state index contributed by atoms with van der Waals surface area (Å²) < 4.78 is 1.05. The van der Waals surface area contributed by atoms with E-state index in [1.54, 1.807) is 17.5 Å². The standard InChI is InChI=1S/C25H30ClN5OS/c1-31-12-9-16(10-13-31)4-3-11-27-25-28-15-20(26)23(30-25)22-14-19-18(5-2-6-21(19)33-22)24(32)29-17-7-8-17/h2,5-6,14-17H,3-4,7-13H2,1H3,(H,29,32)(H,27,28,30). The summed E-state index contributed by atoms with van der Waals surface area (Å²) in [7, 11) is 2.20. The highest BCUT2D eigenvalue weighted by molar-refractivity contribution is 7.22. The van der Waals surface area contributed by atoms with Crippen molar-refractivity contribution in [2.75, 3.05) is 32.0 Å². The third kappa shape index (κ3) is 5.48. The second-order valence-electron chi connectivity index (χ2n) is 9.28. The lowest BCUT2D eigenvalue weighted by molar-refractivity contribution is 0.0953. The number of aromatic nitrogens is 2. The number of nitrogens with one attached hydrogen (secondary N) is 2. The first-order valence-corrected chi connectivity index (χ1v) is 13.0. The van der Waals surface area contributed by atoms with Gasteiger partial charge in [-0.2, -0.15) is 0 Å². The minimum atomic E-state index is -0.00630. The van der Waals surface area contributed by atoms with Crippen molar-refractivity contribution in [3.8, 4) is 10.6 Å². The minimum Gasteiger partial charge on any atom is -0.354 e. The largest absolute Gasteiger partial charge is 0.354 e. The minimum absolute atomic E-state index is 0.00630. The van der Waals surface area contributed by atoms with Crippen LogP contribution in [-0.2, 0) is 0 Å². The number of anilines is 1. The number of rotatable bonds is 8. The van der Waals surface area contributed by atoms with Crippen LogP contribution in [0.4, 0.5) is 5.95 Å². The van der Waals surface area contributed by atoms with Crippen LogP contribution in [0, 0.1) is 5.92 Å². The number of nitrogens with zero attached hydrogens (tertiary/aromatic N) is 3. The first-order chi connectivity index (χ1) is 16.1. The number of carbonyl (C=O) groups excluding carboxylic acids is 1. The lowest BCUT2D eigenvalue weighted by Gasteiger charge is -2.28. The molecular weight excluding hydrogens is 454 g/mol. The molecule has 2 fully saturated rings. The molecule has 6 nitrogen and oxygen atoms in total. The Hall–Kier alpha value is -2.22. The van der Waals surface area contributed by atoms with E-state index in [1.807, 2.05) is 24.3 Å². The van der Waals surface area contributed by atoms with Crippen molar-refractivity contribution < 1.29 is 4.79 Å². The molecular formula is C25H30ClN5OS. The zero-order valence-electron chi connectivity index (χ0n) is 18.9. The van der Waals surface area contributed by atoms with Gasteiger partial charge in [0.1, 0.15) is 5.69 Å². The van der Waals surface area contributed by atoms with Gasteiger partial charge in [0.15, 0.2) is 0 Å². The fraction of sp³-hybridized carbons (Fsp3) is 0.480. The van der Waals surface area contributed by atoms with Gasteiger partial charge in [0.05, 0.1) is 16.1 Å². The third-order valence-electron chi connectivity index (χ3n) is 6.61. The van der Waals surface area contributed by atoms with Crippen molar-refractivity contribution in [2.45, 2.75) is 44.6 Å². The van der Waals surface area contributed by atoms with E-state index in [0.717, 1.165) is 46.7 Å². The van der Waals surface area contributed by atoms with Gasteiger partial charge in [-0.3, -0.25) is 4.79 Å². The molecule has 0 radical (unpaired) electrons. The molecule has 0 atom stereocenters. The Labute approximate surface area is 203 Å². The van der Waals surface area contributed by atoms with E-state index in [2.05, 4.69) is 27.6 Å². The topological polar surface area (TPSA) is 70.2 Å². The summed E-state index contributed by atoms with van der Waals surface area (Å²) in [6.07, 6.45) is 8.74. The molecule has 8 heteroatoms. The van der Waals surface area contributed by atoms with E-state index in [0.29, 0.717) is 28.3 Å². The average Bonchev–Trinajstić information content (AvgIpc) is 3.52. The lowest BCUT2D eigenvalue weighted by atomic mass is 9.92. The molecule has 1 aromatic carbocycles. The summed E-state index contributed by atoms with van der Waals surface area (Å²) >= 11 is 8.08. The maximum Gasteiger partial charge on any atom is 0.252 e. The number of piperidine rings is 1. The smallest absolute Gasteiger partial charge is 0.252 e. The Morgan fingerprint density at radius 3 is 2.85 bits per heavy atom. The molecule has 3 aromatic rings. The van der Waals surface area contributed by atoms with Gasteiger partial charge in [-0.1, -0.05) is 17.7 Å². The van der Waals surface area contributed by atoms with Crippen molar-refractivity contribution in [1.29, 1.82) is 0 Å². The first kappa shape index (κ1) is 22.6. The van der Waals surface area contributed by atoms with Crippen LogP contribution in [0.1, 0.15) is 48.9 Å². The SMILES string of the molecule is CN1CCC(CCCNc2ncc(Cl)c(-c3cc4c(C(=O)NC5CC5)cccc4s3)n2)CC1. The zero-order chi connectivity index (χ0) is 22.8. The fourth-order valence-corrected chi connectivity index (χ4v) is 5.77. The second-order valence-corrected chi connectivity index (χ2v) is 10.8. The predicted molar refractivity (Wildman–Crippen MR) is 136 cm³/mol. The number of halogens is 1. The Balaban J connectivity index is 1.27. The molecule has 1 aliphatic heterocycles. The highest BCUT2D eigenvalue weighted by Gasteiger charge is 2.25. The normalized spacial score (nSPS) is 17.4. The predicted octanol–water partition coefficient (Wildman–Crippen LogP) is 5.44. The summed E-state index contributed by atoms with van der Waals surface area (Å²) in [5.41, 5.74) is 1.42. The summed E-state index contributed by atoms with van der Waals surface area (Å²) in [5, 5.41) is 7.92. The van der Waals surface area contributed by atoms with E-state index in [-0.39, 0.29) is 5.91 Å². The van der Waals surface area contributed by atoms with Crippen molar-refractivity contribution >= 4 is 44.9 Å². The van der Waals surface area contributed by atoms with E-state index in [9.17, 15) is 4.79 Å². The highest BCUT2D eigenvalue weighted by Crippen LogP contribution is 2.37. The fourth-order valence-electron chi connectivity index (χ4n) is 4.43. The number of carbonyl (C=O) groups is 1. The molecule has 0 unspecified atom stereocenters. The van der Waals surface area contributed by atoms with Crippen LogP contribution in [0.2, 0.25) is 5.02 Å². The van der Waals surface area contributed by atoms with Gasteiger partial charge in [-0.15, -0.1) is 11.3 Å². The maximum absolute atomic E-state index is 12.7. The monoisotopic (exact) mass is 483 g/mol. The molecule has 5 rings (SSSR count). The lowest BCUT2D eigenvalue weighted by Crippen LogP contribution is -2.30. The van der Waals surface area contributed by atoms with Gasteiger partial charge in [0, 0.05) is 28.2 Å². The average molecular weight is 484 g/mol. The summed E-state index contributed by atoms with van der Waals surface area (Å²) in [5.74, 6) is 1.42. The molecule has 0 spiro atoms. The summed E-state index contributed by atoms with van der Waals surface area (Å²) in [4.78, 5) is 25.1. The van der Waals surface area contributed by atoms with Crippen molar-refractivity contribution in [3.05, 3.63) is 41.0 Å². The maximum atomic E-state index is 12.7.